The molecule has 0 aromatic carbocycles. The van der Waals surface area contributed by atoms with Gasteiger partial charge in [0.25, 0.3) is 5.17 Å². The Hall–Kier alpha value is 0.640. The van der Waals surface area contributed by atoms with Gasteiger partial charge in [-0.1, -0.05) is 6.92 Å². The molecule has 1 radical (unpaired) electrons. The second-order valence-corrected chi connectivity index (χ2v) is 3.94. The molecule has 0 aliphatic carbocycles. The van der Waals surface area contributed by atoms with Gasteiger partial charge in [-0.15, -0.1) is 0 Å². The number of hydrogen-bond acceptors (Lipinski definition) is 4. The fraction of sp³-hybridized carbons (Fsp3) is 0.800. The third-order valence-corrected chi connectivity index (χ3v) is 2.58. The van der Waals surface area contributed by atoms with E-state index in [4.69, 9.17) is 0 Å². The van der Waals surface area contributed by atoms with Crippen LogP contribution in [-0.2, 0) is 14.3 Å². The van der Waals surface area contributed by atoms with E-state index in [0.29, 0.717) is 6.42 Å². The maximum absolute atomic E-state index is 10.9. The number of nitrogens with one attached hydrogen (secondary N) is 1. The standard InChI is InChI=1S/C5H11NO3S2.Na/c1-3-4-11(7,8)9-5(10)6-2;/h3-4H2,1-2H3,(H,6,10);. The molecule has 0 heterocycles. The normalized spacial score (nSPS) is 9.83. The van der Waals surface area contributed by atoms with Crippen LogP contribution in [0.4, 0.5) is 0 Å². The Kier molecular flexibility index (Phi) is 8.93. The number of thiocarbonyl (C=S) groups is 1. The van der Waals surface area contributed by atoms with E-state index in [2.05, 4.69) is 21.7 Å². The van der Waals surface area contributed by atoms with Gasteiger partial charge in [0.2, 0.25) is 0 Å². The first-order valence-corrected chi connectivity index (χ1v) is 5.14. The van der Waals surface area contributed by atoms with Gasteiger partial charge in [0, 0.05) is 36.6 Å². The van der Waals surface area contributed by atoms with Gasteiger partial charge in [0.15, 0.2) is 0 Å². The first kappa shape index (κ1) is 15.1. The average Bonchev–Trinajstić information content (AvgIpc) is 1.86. The fourth-order valence-corrected chi connectivity index (χ4v) is 1.66. The van der Waals surface area contributed by atoms with E-state index in [1.807, 2.05) is 0 Å². The molecule has 0 saturated carbocycles. The van der Waals surface area contributed by atoms with Crippen molar-refractivity contribution in [2.75, 3.05) is 12.8 Å². The summed E-state index contributed by atoms with van der Waals surface area (Å²) in [4.78, 5) is 0. The zero-order valence-corrected chi connectivity index (χ0v) is 11.1. The smallest absolute Gasteiger partial charge is 0.311 e. The Morgan fingerprint density at radius 2 is 2.08 bits per heavy atom. The average molecular weight is 220 g/mol. The summed E-state index contributed by atoms with van der Waals surface area (Å²) in [5.41, 5.74) is 0. The second kappa shape index (κ2) is 7.08. The molecule has 1 N–H and O–H groups in total. The van der Waals surface area contributed by atoms with Crippen LogP contribution >= 0.6 is 12.2 Å². The molecule has 0 bridgehead atoms. The Bertz CT molecular complexity index is 227. The molecule has 4 nitrogen and oxygen atoms in total. The first-order chi connectivity index (χ1) is 5.02. The summed E-state index contributed by atoms with van der Waals surface area (Å²) in [6.07, 6.45) is 0.522. The Balaban J connectivity index is 0. The number of hydrogen-bond donors (Lipinski definition) is 1. The van der Waals surface area contributed by atoms with E-state index in [1.165, 1.54) is 7.05 Å². The van der Waals surface area contributed by atoms with Gasteiger partial charge in [-0.25, -0.2) is 0 Å². The first-order valence-electron chi connectivity index (χ1n) is 3.15. The summed E-state index contributed by atoms with van der Waals surface area (Å²) in [6.45, 7) is 1.75. The summed E-state index contributed by atoms with van der Waals surface area (Å²) >= 11 is 4.51. The Labute approximate surface area is 100 Å². The van der Waals surface area contributed by atoms with Crippen LogP contribution in [0.3, 0.4) is 0 Å². The minimum atomic E-state index is -3.45. The minimum absolute atomic E-state index is 0. The molecule has 0 aromatic heterocycles. The molecule has 0 aromatic rings. The predicted octanol–water partition coefficient (Wildman–Crippen LogP) is -0.134. The van der Waals surface area contributed by atoms with Crippen LogP contribution in [0.25, 0.3) is 0 Å². The summed E-state index contributed by atoms with van der Waals surface area (Å²) in [7, 11) is -1.94. The van der Waals surface area contributed by atoms with Crippen LogP contribution in [0, 0.1) is 0 Å². The largest absolute Gasteiger partial charge is 0.353 e. The van der Waals surface area contributed by atoms with Crippen molar-refractivity contribution in [3.63, 3.8) is 0 Å². The molecule has 0 spiro atoms. The van der Waals surface area contributed by atoms with Crippen molar-refractivity contribution in [2.45, 2.75) is 13.3 Å². The quantitative estimate of drug-likeness (QED) is 0.408. The third kappa shape index (κ3) is 7.30. The summed E-state index contributed by atoms with van der Waals surface area (Å²) < 4.78 is 26.1. The van der Waals surface area contributed by atoms with Crippen molar-refractivity contribution in [2.24, 2.45) is 0 Å². The van der Waals surface area contributed by atoms with Gasteiger partial charge < -0.3 is 9.50 Å². The molecule has 0 atom stereocenters. The SMILES string of the molecule is CCCS(=O)(=O)OC(=S)NC.[Na]. The van der Waals surface area contributed by atoms with Crippen LogP contribution in [0.5, 0.6) is 0 Å². The van der Waals surface area contributed by atoms with Crippen LogP contribution in [0.2, 0.25) is 0 Å². The van der Waals surface area contributed by atoms with E-state index in [-0.39, 0.29) is 40.5 Å². The van der Waals surface area contributed by atoms with Crippen molar-refractivity contribution in [3.05, 3.63) is 0 Å². The molecule has 0 unspecified atom stereocenters. The van der Waals surface area contributed by atoms with Crippen molar-refractivity contribution < 1.29 is 12.6 Å². The summed E-state index contributed by atoms with van der Waals surface area (Å²) in [6, 6.07) is 0. The predicted molar refractivity (Wildman–Crippen MR) is 52.6 cm³/mol. The van der Waals surface area contributed by atoms with Gasteiger partial charge in [0.05, 0.1) is 5.75 Å². The van der Waals surface area contributed by atoms with Crippen LogP contribution in [0.15, 0.2) is 0 Å². The third-order valence-electron chi connectivity index (χ3n) is 0.861. The monoisotopic (exact) mass is 220 g/mol. The molecule has 12 heavy (non-hydrogen) atoms. The van der Waals surface area contributed by atoms with Crippen LogP contribution in [-0.4, -0.2) is 56.0 Å². The number of rotatable bonds is 3. The summed E-state index contributed by atoms with van der Waals surface area (Å²) in [5, 5.41) is 2.30. The molecule has 0 rings (SSSR count). The molecule has 0 saturated heterocycles. The molecular weight excluding hydrogens is 209 g/mol. The van der Waals surface area contributed by atoms with Crippen LogP contribution in [0.1, 0.15) is 13.3 Å². The van der Waals surface area contributed by atoms with E-state index in [1.54, 1.807) is 6.92 Å². The summed E-state index contributed by atoms with van der Waals surface area (Å²) in [5.74, 6) is -0.00514. The van der Waals surface area contributed by atoms with Gasteiger partial charge in [-0.2, -0.15) is 8.42 Å². The fourth-order valence-electron chi connectivity index (χ4n) is 0.449. The molecule has 0 fully saturated rings. The zero-order valence-electron chi connectivity index (χ0n) is 7.46. The molecule has 7 heteroatoms. The second-order valence-electron chi connectivity index (χ2n) is 1.88. The maximum Gasteiger partial charge on any atom is 0.311 e. The Morgan fingerprint density at radius 1 is 1.58 bits per heavy atom. The minimum Gasteiger partial charge on any atom is -0.353 e. The van der Waals surface area contributed by atoms with Crippen molar-refractivity contribution in [1.29, 1.82) is 0 Å². The van der Waals surface area contributed by atoms with Gasteiger partial charge >= 0.3 is 10.1 Å². The molecule has 0 aliphatic heterocycles. The Morgan fingerprint density at radius 3 is 2.42 bits per heavy atom. The van der Waals surface area contributed by atoms with Gasteiger partial charge in [-0.05, 0) is 18.6 Å². The van der Waals surface area contributed by atoms with Gasteiger partial charge in [0.1, 0.15) is 0 Å². The maximum atomic E-state index is 10.9. The zero-order chi connectivity index (χ0) is 8.91. The molecule has 0 amide bonds. The van der Waals surface area contributed by atoms with Crippen molar-refractivity contribution >= 4 is 57.1 Å². The van der Waals surface area contributed by atoms with E-state index < -0.39 is 10.1 Å². The van der Waals surface area contributed by atoms with E-state index in [0.717, 1.165) is 0 Å². The molecule has 0 aliphatic rings. The van der Waals surface area contributed by atoms with E-state index >= 15 is 0 Å². The molecular formula is C5H11NNaO3S2. The van der Waals surface area contributed by atoms with Gasteiger partial charge in [-0.3, -0.25) is 0 Å². The van der Waals surface area contributed by atoms with Crippen molar-refractivity contribution in [3.8, 4) is 0 Å². The van der Waals surface area contributed by atoms with Crippen molar-refractivity contribution in [1.82, 2.24) is 5.32 Å². The topological polar surface area (TPSA) is 55.4 Å². The molecule has 67 valence electrons. The van der Waals surface area contributed by atoms with E-state index in [9.17, 15) is 8.42 Å². The van der Waals surface area contributed by atoms with Crippen LogP contribution < -0.4 is 5.32 Å².